The Hall–Kier alpha value is -0.890. The van der Waals surface area contributed by atoms with Gasteiger partial charge in [0, 0.05) is 37.6 Å². The van der Waals surface area contributed by atoms with Gasteiger partial charge in [0.2, 0.25) is 10.0 Å². The Kier molecular flexibility index (Phi) is 5.43. The van der Waals surface area contributed by atoms with Crippen molar-refractivity contribution in [2.24, 2.45) is 0 Å². The van der Waals surface area contributed by atoms with Gasteiger partial charge in [-0.25, -0.2) is 13.1 Å². The van der Waals surface area contributed by atoms with Crippen LogP contribution in [-0.2, 0) is 21.3 Å². The van der Waals surface area contributed by atoms with Crippen LogP contribution in [0.4, 0.5) is 0 Å². The molecule has 120 valence electrons. The molecule has 2 rings (SSSR count). The third-order valence-corrected chi connectivity index (χ3v) is 5.27. The van der Waals surface area contributed by atoms with Gasteiger partial charge < -0.3 is 15.0 Å². The summed E-state index contributed by atoms with van der Waals surface area (Å²) < 4.78 is 32.7. The summed E-state index contributed by atoms with van der Waals surface area (Å²) in [7, 11) is -1.79. The molecule has 1 fully saturated rings. The third-order valence-electron chi connectivity index (χ3n) is 3.77. The summed E-state index contributed by atoms with van der Waals surface area (Å²) in [6.45, 7) is 4.73. The quantitative estimate of drug-likeness (QED) is 0.709. The highest BCUT2D eigenvalue weighted by Gasteiger charge is 2.29. The Balaban J connectivity index is 1.96. The van der Waals surface area contributed by atoms with E-state index in [4.69, 9.17) is 4.74 Å². The first-order valence-corrected chi connectivity index (χ1v) is 8.85. The first-order chi connectivity index (χ1) is 9.90. The highest BCUT2D eigenvalue weighted by atomic mass is 32.2. The zero-order valence-corrected chi connectivity index (χ0v) is 13.7. The van der Waals surface area contributed by atoms with Gasteiger partial charge in [-0.1, -0.05) is 13.8 Å². The summed E-state index contributed by atoms with van der Waals surface area (Å²) in [5.74, 6) is 0. The molecule has 1 aliphatic rings. The molecule has 0 spiro atoms. The van der Waals surface area contributed by atoms with Gasteiger partial charge in [-0.15, -0.1) is 0 Å². The van der Waals surface area contributed by atoms with Gasteiger partial charge in [0.05, 0.1) is 11.0 Å². The van der Waals surface area contributed by atoms with Crippen LogP contribution in [0.15, 0.2) is 17.2 Å². The molecule has 2 atom stereocenters. The monoisotopic (exact) mass is 315 g/mol. The molecule has 7 heteroatoms. The number of methoxy groups -OCH3 is 1. The number of H-pyrrole nitrogens is 1. The summed E-state index contributed by atoms with van der Waals surface area (Å²) in [6, 6.07) is 2.00. The van der Waals surface area contributed by atoms with E-state index < -0.39 is 10.0 Å². The van der Waals surface area contributed by atoms with Crippen LogP contribution in [0.1, 0.15) is 38.8 Å². The van der Waals surface area contributed by atoms with Crippen molar-refractivity contribution in [1.82, 2.24) is 15.0 Å². The molecule has 0 amide bonds. The summed E-state index contributed by atoms with van der Waals surface area (Å²) >= 11 is 0. The largest absolute Gasteiger partial charge is 0.381 e. The van der Waals surface area contributed by atoms with E-state index in [1.54, 1.807) is 19.4 Å². The second kappa shape index (κ2) is 6.91. The molecule has 0 aliphatic heterocycles. The standard InChI is InChI=1S/C14H25N3O3S/c1-10(2)15-8-12-7-14(9-16-12)21(18,19)17-11-4-5-13(6-11)20-3/h7,9-11,13,15-17H,4-6,8H2,1-3H3. The second-order valence-electron chi connectivity index (χ2n) is 5.89. The van der Waals surface area contributed by atoms with Crippen molar-refractivity contribution >= 4 is 10.0 Å². The minimum atomic E-state index is -3.46. The van der Waals surface area contributed by atoms with Crippen LogP contribution in [0.3, 0.4) is 0 Å². The normalized spacial score (nSPS) is 23.0. The molecule has 21 heavy (non-hydrogen) atoms. The molecule has 0 radical (unpaired) electrons. The highest BCUT2D eigenvalue weighted by Crippen LogP contribution is 2.23. The van der Waals surface area contributed by atoms with Gasteiger partial charge in [-0.2, -0.15) is 0 Å². The van der Waals surface area contributed by atoms with Crippen molar-refractivity contribution in [2.75, 3.05) is 7.11 Å². The Morgan fingerprint density at radius 3 is 2.81 bits per heavy atom. The lowest BCUT2D eigenvalue weighted by atomic mass is 10.3. The van der Waals surface area contributed by atoms with Crippen LogP contribution in [0.5, 0.6) is 0 Å². The van der Waals surface area contributed by atoms with Gasteiger partial charge >= 0.3 is 0 Å². The average molecular weight is 315 g/mol. The molecule has 0 bridgehead atoms. The molecule has 1 aliphatic carbocycles. The predicted molar refractivity (Wildman–Crippen MR) is 81.5 cm³/mol. The molecule has 0 aromatic carbocycles. The maximum Gasteiger partial charge on any atom is 0.242 e. The number of hydrogen-bond acceptors (Lipinski definition) is 4. The molecule has 1 saturated carbocycles. The fourth-order valence-corrected chi connectivity index (χ4v) is 3.84. The lowest BCUT2D eigenvalue weighted by Gasteiger charge is -2.12. The third kappa shape index (κ3) is 4.54. The topological polar surface area (TPSA) is 83.2 Å². The number of rotatable bonds is 7. The molecule has 1 aromatic rings. The van der Waals surface area contributed by atoms with Crippen molar-refractivity contribution in [3.05, 3.63) is 18.0 Å². The van der Waals surface area contributed by atoms with Crippen LogP contribution in [0, 0.1) is 0 Å². The molecule has 1 heterocycles. The summed E-state index contributed by atoms with van der Waals surface area (Å²) in [4.78, 5) is 3.30. The summed E-state index contributed by atoms with van der Waals surface area (Å²) in [5.41, 5.74) is 0.866. The van der Waals surface area contributed by atoms with Gasteiger partial charge in [-0.3, -0.25) is 0 Å². The maximum atomic E-state index is 12.3. The molecular formula is C14H25N3O3S. The van der Waals surface area contributed by atoms with E-state index in [0.717, 1.165) is 25.0 Å². The molecule has 0 saturated heterocycles. The average Bonchev–Trinajstić information content (AvgIpc) is 3.04. The van der Waals surface area contributed by atoms with Crippen LogP contribution < -0.4 is 10.0 Å². The number of aromatic nitrogens is 1. The predicted octanol–water partition coefficient (Wildman–Crippen LogP) is 1.36. The number of nitrogens with one attached hydrogen (secondary N) is 3. The van der Waals surface area contributed by atoms with Crippen molar-refractivity contribution in [1.29, 1.82) is 0 Å². The SMILES string of the molecule is COC1CCC(NS(=O)(=O)c2c[nH]c(CNC(C)C)c2)C1. The van der Waals surface area contributed by atoms with Crippen molar-refractivity contribution in [2.45, 2.75) is 62.7 Å². The lowest BCUT2D eigenvalue weighted by Crippen LogP contribution is -2.33. The van der Waals surface area contributed by atoms with E-state index in [2.05, 4.69) is 28.9 Å². The van der Waals surface area contributed by atoms with Crippen LogP contribution in [0.25, 0.3) is 0 Å². The Bertz CT molecular complexity index is 554. The van der Waals surface area contributed by atoms with Crippen molar-refractivity contribution < 1.29 is 13.2 Å². The van der Waals surface area contributed by atoms with Crippen molar-refractivity contribution in [3.8, 4) is 0 Å². The highest BCUT2D eigenvalue weighted by molar-refractivity contribution is 7.89. The lowest BCUT2D eigenvalue weighted by molar-refractivity contribution is 0.107. The summed E-state index contributed by atoms with van der Waals surface area (Å²) in [6.07, 6.45) is 4.17. The van der Waals surface area contributed by atoms with Crippen LogP contribution >= 0.6 is 0 Å². The number of hydrogen-bond donors (Lipinski definition) is 3. The fraction of sp³-hybridized carbons (Fsp3) is 0.714. The maximum absolute atomic E-state index is 12.3. The minimum Gasteiger partial charge on any atom is -0.381 e. The van der Waals surface area contributed by atoms with E-state index in [9.17, 15) is 8.42 Å². The van der Waals surface area contributed by atoms with Crippen LogP contribution in [-0.4, -0.2) is 38.7 Å². The molecular weight excluding hydrogens is 290 g/mol. The van der Waals surface area contributed by atoms with E-state index in [-0.39, 0.29) is 12.1 Å². The zero-order chi connectivity index (χ0) is 15.5. The molecule has 3 N–H and O–H groups in total. The summed E-state index contributed by atoms with van der Waals surface area (Å²) in [5, 5.41) is 3.25. The first kappa shape index (κ1) is 16.5. The van der Waals surface area contributed by atoms with Gasteiger partial charge in [0.25, 0.3) is 0 Å². The first-order valence-electron chi connectivity index (χ1n) is 7.36. The number of ether oxygens (including phenoxy) is 1. The Morgan fingerprint density at radius 1 is 1.43 bits per heavy atom. The van der Waals surface area contributed by atoms with E-state index >= 15 is 0 Å². The van der Waals surface area contributed by atoms with E-state index in [1.807, 2.05) is 0 Å². The van der Waals surface area contributed by atoms with Gasteiger partial charge in [-0.05, 0) is 25.3 Å². The Labute approximate surface area is 126 Å². The van der Waals surface area contributed by atoms with Crippen molar-refractivity contribution in [3.63, 3.8) is 0 Å². The minimum absolute atomic E-state index is 0.0351. The fourth-order valence-electron chi connectivity index (χ4n) is 2.54. The molecule has 1 aromatic heterocycles. The van der Waals surface area contributed by atoms with E-state index in [1.165, 1.54) is 0 Å². The van der Waals surface area contributed by atoms with Gasteiger partial charge in [0.1, 0.15) is 0 Å². The second-order valence-corrected chi connectivity index (χ2v) is 7.60. The van der Waals surface area contributed by atoms with Crippen LogP contribution in [0.2, 0.25) is 0 Å². The molecule has 6 nitrogen and oxygen atoms in total. The van der Waals surface area contributed by atoms with E-state index in [0.29, 0.717) is 17.5 Å². The zero-order valence-electron chi connectivity index (χ0n) is 12.8. The number of aromatic amines is 1. The smallest absolute Gasteiger partial charge is 0.242 e. The number of sulfonamides is 1. The Morgan fingerprint density at radius 2 is 2.19 bits per heavy atom. The molecule has 2 unspecified atom stereocenters. The van der Waals surface area contributed by atoms with Gasteiger partial charge in [0.15, 0.2) is 0 Å².